The van der Waals surface area contributed by atoms with Gasteiger partial charge in [0.1, 0.15) is 0 Å². The molecule has 0 fully saturated rings. The van der Waals surface area contributed by atoms with E-state index in [-0.39, 0.29) is 11.4 Å². The molecule has 0 saturated heterocycles. The van der Waals surface area contributed by atoms with Gasteiger partial charge >= 0.3 is 0 Å². The van der Waals surface area contributed by atoms with Crippen LogP contribution in [-0.4, -0.2) is 11.4 Å². The van der Waals surface area contributed by atoms with Crippen LogP contribution in [0.5, 0.6) is 0 Å². The maximum Gasteiger partial charge on any atom is 0.253 e. The van der Waals surface area contributed by atoms with Gasteiger partial charge in [-0.1, -0.05) is 43.3 Å². The van der Waals surface area contributed by atoms with Crippen molar-refractivity contribution < 1.29 is 4.79 Å². The Bertz CT molecular complexity index is 750. The van der Waals surface area contributed by atoms with Crippen molar-refractivity contribution in [3.05, 3.63) is 64.7 Å². The smallest absolute Gasteiger partial charge is 0.253 e. The van der Waals surface area contributed by atoms with Crippen molar-refractivity contribution in [2.45, 2.75) is 52.1 Å². The second kappa shape index (κ2) is 6.31. The molecule has 1 unspecified atom stereocenters. The second-order valence-corrected chi connectivity index (χ2v) is 7.56. The molecule has 1 aliphatic rings. The Balaban J connectivity index is 1.89. The number of hydrogen-bond acceptors (Lipinski definition) is 2. The van der Waals surface area contributed by atoms with Gasteiger partial charge in [0.15, 0.2) is 0 Å². The molecule has 0 radical (unpaired) electrons. The zero-order valence-corrected chi connectivity index (χ0v) is 14.9. The van der Waals surface area contributed by atoms with Gasteiger partial charge in [0.25, 0.3) is 5.91 Å². The molecule has 24 heavy (non-hydrogen) atoms. The van der Waals surface area contributed by atoms with Crippen LogP contribution in [0.15, 0.2) is 42.5 Å². The van der Waals surface area contributed by atoms with Crippen molar-refractivity contribution in [1.82, 2.24) is 5.32 Å². The minimum absolute atomic E-state index is 0.00383. The molecule has 2 N–H and O–H groups in total. The number of rotatable bonds is 3. The highest BCUT2D eigenvalue weighted by Crippen LogP contribution is 2.41. The number of aryl methyl sites for hydroxylation is 1. The van der Waals surface area contributed by atoms with Gasteiger partial charge < -0.3 is 10.6 Å². The van der Waals surface area contributed by atoms with Crippen molar-refractivity contribution in [2.75, 3.05) is 5.32 Å². The summed E-state index contributed by atoms with van der Waals surface area (Å²) in [7, 11) is 0. The molecule has 3 heteroatoms. The maximum absolute atomic E-state index is 12.8. The minimum Gasteiger partial charge on any atom is -0.379 e. The highest BCUT2D eigenvalue weighted by molar-refractivity contribution is 6.01. The van der Waals surface area contributed by atoms with Crippen molar-refractivity contribution >= 4 is 11.6 Å². The van der Waals surface area contributed by atoms with Crippen molar-refractivity contribution in [2.24, 2.45) is 0 Å². The van der Waals surface area contributed by atoms with Crippen LogP contribution in [0.3, 0.4) is 0 Å². The van der Waals surface area contributed by atoms with Gasteiger partial charge in [-0.3, -0.25) is 4.79 Å². The molecule has 1 amide bonds. The molecule has 126 valence electrons. The standard InChI is InChI=1S/C21H26N2O/c1-14-10-17-15(2)12-21(3,4)23-19(17)18(11-14)20(24)22-13-16-8-6-5-7-9-16/h5-11,15,23H,12-13H2,1-4H3,(H,22,24). The molecular formula is C21H26N2O. The Kier molecular flexibility index (Phi) is 4.35. The Morgan fingerprint density at radius 1 is 1.25 bits per heavy atom. The fourth-order valence-corrected chi connectivity index (χ4v) is 3.66. The third-order valence-corrected chi connectivity index (χ3v) is 4.66. The van der Waals surface area contributed by atoms with Crippen molar-refractivity contribution in [3.63, 3.8) is 0 Å². The van der Waals surface area contributed by atoms with Crippen LogP contribution < -0.4 is 10.6 Å². The van der Waals surface area contributed by atoms with Crippen LogP contribution >= 0.6 is 0 Å². The van der Waals surface area contributed by atoms with Crippen LogP contribution in [0.1, 0.15) is 60.2 Å². The summed E-state index contributed by atoms with van der Waals surface area (Å²) in [5, 5.41) is 6.64. The Labute approximate surface area is 144 Å². The third kappa shape index (κ3) is 3.45. The van der Waals surface area contributed by atoms with Crippen molar-refractivity contribution in [1.29, 1.82) is 0 Å². The van der Waals surface area contributed by atoms with E-state index in [2.05, 4.69) is 44.4 Å². The number of carbonyl (C=O) groups is 1. The summed E-state index contributed by atoms with van der Waals surface area (Å²) in [6, 6.07) is 14.2. The molecule has 3 nitrogen and oxygen atoms in total. The van der Waals surface area contributed by atoms with Crippen LogP contribution in [0.4, 0.5) is 5.69 Å². The molecule has 0 aliphatic carbocycles. The lowest BCUT2D eigenvalue weighted by Crippen LogP contribution is -2.38. The van der Waals surface area contributed by atoms with Crippen LogP contribution in [0, 0.1) is 6.92 Å². The fourth-order valence-electron chi connectivity index (χ4n) is 3.66. The fraction of sp³-hybridized carbons (Fsp3) is 0.381. The lowest BCUT2D eigenvalue weighted by molar-refractivity contribution is 0.0951. The summed E-state index contributed by atoms with van der Waals surface area (Å²) in [4.78, 5) is 12.8. The quantitative estimate of drug-likeness (QED) is 0.865. The zero-order chi connectivity index (χ0) is 17.3. The normalized spacial score (nSPS) is 18.4. The van der Waals surface area contributed by atoms with Crippen LogP contribution in [-0.2, 0) is 6.54 Å². The summed E-state index contributed by atoms with van der Waals surface area (Å²) in [6.45, 7) is 9.23. The van der Waals surface area contributed by atoms with E-state index in [0.29, 0.717) is 12.5 Å². The minimum atomic E-state index is -0.0174. The molecule has 1 heterocycles. The van der Waals surface area contributed by atoms with Crippen molar-refractivity contribution in [3.8, 4) is 0 Å². The van der Waals surface area contributed by atoms with E-state index in [1.165, 1.54) is 5.56 Å². The van der Waals surface area contributed by atoms with Gasteiger partial charge in [0.2, 0.25) is 0 Å². The molecule has 1 aliphatic heterocycles. The van der Waals surface area contributed by atoms with E-state index >= 15 is 0 Å². The monoisotopic (exact) mass is 322 g/mol. The molecule has 0 bridgehead atoms. The van der Waals surface area contributed by atoms with E-state index in [1.807, 2.05) is 36.4 Å². The van der Waals surface area contributed by atoms with E-state index in [9.17, 15) is 4.79 Å². The summed E-state index contributed by atoms with van der Waals surface area (Å²) in [5.41, 5.74) is 5.23. The molecular weight excluding hydrogens is 296 g/mol. The number of anilines is 1. The maximum atomic E-state index is 12.8. The largest absolute Gasteiger partial charge is 0.379 e. The third-order valence-electron chi connectivity index (χ3n) is 4.66. The van der Waals surface area contributed by atoms with Gasteiger partial charge in [-0.2, -0.15) is 0 Å². The molecule has 2 aromatic rings. The molecule has 2 aromatic carbocycles. The average Bonchev–Trinajstić information content (AvgIpc) is 2.53. The summed E-state index contributed by atoms with van der Waals surface area (Å²) >= 11 is 0. The second-order valence-electron chi connectivity index (χ2n) is 7.56. The average molecular weight is 322 g/mol. The first-order valence-corrected chi connectivity index (χ1v) is 8.60. The number of carbonyl (C=O) groups excluding carboxylic acids is 1. The zero-order valence-electron chi connectivity index (χ0n) is 14.9. The molecule has 0 aromatic heterocycles. The van der Waals surface area contributed by atoms with Gasteiger partial charge in [-0.05, 0) is 55.9 Å². The Hall–Kier alpha value is -2.29. The number of fused-ring (bicyclic) bond motifs is 1. The summed E-state index contributed by atoms with van der Waals surface area (Å²) < 4.78 is 0. The lowest BCUT2D eigenvalue weighted by atomic mass is 9.80. The summed E-state index contributed by atoms with van der Waals surface area (Å²) in [6.07, 6.45) is 1.06. The highest BCUT2D eigenvalue weighted by atomic mass is 16.1. The molecule has 1 atom stereocenters. The number of amides is 1. The summed E-state index contributed by atoms with van der Waals surface area (Å²) in [5.74, 6) is 0.424. The molecule has 3 rings (SSSR count). The predicted molar refractivity (Wildman–Crippen MR) is 99.5 cm³/mol. The first kappa shape index (κ1) is 16.6. The first-order chi connectivity index (χ1) is 11.4. The number of benzene rings is 2. The van der Waals surface area contributed by atoms with Crippen LogP contribution in [0.2, 0.25) is 0 Å². The van der Waals surface area contributed by atoms with Crippen LogP contribution in [0.25, 0.3) is 0 Å². The topological polar surface area (TPSA) is 41.1 Å². The predicted octanol–water partition coefficient (Wildman–Crippen LogP) is 4.62. The Morgan fingerprint density at radius 3 is 2.67 bits per heavy atom. The van der Waals surface area contributed by atoms with E-state index in [0.717, 1.165) is 28.8 Å². The Morgan fingerprint density at radius 2 is 1.96 bits per heavy atom. The molecule has 0 spiro atoms. The molecule has 0 saturated carbocycles. The van der Waals surface area contributed by atoms with Gasteiger partial charge in [0.05, 0.1) is 11.3 Å². The lowest BCUT2D eigenvalue weighted by Gasteiger charge is -2.38. The van der Waals surface area contributed by atoms with E-state index in [1.54, 1.807) is 0 Å². The van der Waals surface area contributed by atoms with Gasteiger partial charge in [-0.25, -0.2) is 0 Å². The van der Waals surface area contributed by atoms with E-state index in [4.69, 9.17) is 0 Å². The number of hydrogen-bond donors (Lipinski definition) is 2. The van der Waals surface area contributed by atoms with Gasteiger partial charge in [-0.15, -0.1) is 0 Å². The van der Waals surface area contributed by atoms with E-state index < -0.39 is 0 Å². The first-order valence-electron chi connectivity index (χ1n) is 8.60. The number of nitrogens with one attached hydrogen (secondary N) is 2. The SMILES string of the molecule is Cc1cc(C(=O)NCc2ccccc2)c2c(c1)C(C)CC(C)(C)N2. The van der Waals surface area contributed by atoms with Gasteiger partial charge in [0, 0.05) is 12.1 Å². The highest BCUT2D eigenvalue weighted by Gasteiger charge is 2.32.